The Morgan fingerprint density at radius 1 is 1.54 bits per heavy atom. The van der Waals surface area contributed by atoms with E-state index in [1.54, 1.807) is 0 Å². The number of imidazole rings is 1. The first-order valence-electron chi connectivity index (χ1n) is 5.33. The Balaban J connectivity index is 2.23. The van der Waals surface area contributed by atoms with Crippen molar-refractivity contribution in [2.24, 2.45) is 0 Å². The van der Waals surface area contributed by atoms with Crippen LogP contribution >= 0.6 is 0 Å². The Morgan fingerprint density at radius 3 is 2.85 bits per heavy atom. The normalized spacial score (nSPS) is 19.8. The summed E-state index contributed by atoms with van der Waals surface area (Å²) < 4.78 is 2.37. The van der Waals surface area contributed by atoms with E-state index in [0.29, 0.717) is 5.41 Å². The van der Waals surface area contributed by atoms with Gasteiger partial charge < -0.3 is 0 Å². The number of H-pyrrole nitrogens is 1. The summed E-state index contributed by atoms with van der Waals surface area (Å²) in [6.07, 6.45) is 9.53. The minimum Gasteiger partial charge on any atom is -0.247 e. The fraction of sp³-hybridized carbons (Fsp3) is 0.727. The molecule has 0 atom stereocenters. The van der Waals surface area contributed by atoms with Crippen LogP contribution in [0.4, 0.5) is 0 Å². The van der Waals surface area contributed by atoms with Crippen molar-refractivity contribution < 1.29 is 4.57 Å². The highest BCUT2D eigenvalue weighted by molar-refractivity contribution is 5.06. The second-order valence-corrected chi connectivity index (χ2v) is 4.42. The molecule has 0 aliphatic heterocycles. The van der Waals surface area contributed by atoms with Gasteiger partial charge in [0.15, 0.2) is 0 Å². The van der Waals surface area contributed by atoms with Crippen molar-refractivity contribution in [1.82, 2.24) is 4.98 Å². The molecule has 0 aromatic carbocycles. The maximum absolute atomic E-state index is 3.40. The van der Waals surface area contributed by atoms with Gasteiger partial charge in [0.25, 0.3) is 5.82 Å². The molecular formula is C11H19N2+. The maximum atomic E-state index is 3.40. The predicted octanol–water partition coefficient (Wildman–Crippen LogP) is 2.15. The molecule has 1 saturated carbocycles. The average molecular weight is 179 g/mol. The molecular weight excluding hydrogens is 160 g/mol. The van der Waals surface area contributed by atoms with Gasteiger partial charge in [0.05, 0.1) is 12.0 Å². The second-order valence-electron chi connectivity index (χ2n) is 4.42. The molecule has 0 radical (unpaired) electrons. The minimum atomic E-state index is 0.443. The number of aromatic amines is 1. The summed E-state index contributed by atoms with van der Waals surface area (Å²) in [5.74, 6) is 1.43. The molecule has 0 unspecified atom stereocenters. The molecule has 2 heteroatoms. The van der Waals surface area contributed by atoms with Crippen molar-refractivity contribution in [2.75, 3.05) is 0 Å². The van der Waals surface area contributed by atoms with Crippen LogP contribution in [0.5, 0.6) is 0 Å². The summed E-state index contributed by atoms with van der Waals surface area (Å²) in [6.45, 7) is 5.75. The number of nitrogens with one attached hydrogen (secondary N) is 1. The summed E-state index contributed by atoms with van der Waals surface area (Å²) in [4.78, 5) is 3.40. The predicted molar refractivity (Wildman–Crippen MR) is 52.5 cm³/mol. The number of nitrogens with zero attached hydrogens (tertiary/aromatic N) is 1. The molecule has 1 aliphatic rings. The molecule has 1 N–H and O–H groups in total. The van der Waals surface area contributed by atoms with E-state index in [1.165, 1.54) is 31.5 Å². The molecule has 0 saturated heterocycles. The van der Waals surface area contributed by atoms with E-state index in [1.807, 2.05) is 0 Å². The van der Waals surface area contributed by atoms with Gasteiger partial charge in [0.1, 0.15) is 12.4 Å². The molecule has 2 nitrogen and oxygen atoms in total. The van der Waals surface area contributed by atoms with Crippen LogP contribution in [0.3, 0.4) is 0 Å². The summed E-state index contributed by atoms with van der Waals surface area (Å²) in [7, 11) is 0. The van der Waals surface area contributed by atoms with Crippen molar-refractivity contribution in [1.29, 1.82) is 0 Å². The molecule has 72 valence electrons. The van der Waals surface area contributed by atoms with Gasteiger partial charge in [-0.05, 0) is 26.2 Å². The van der Waals surface area contributed by atoms with Gasteiger partial charge in [-0.3, -0.25) is 0 Å². The lowest BCUT2D eigenvalue weighted by Crippen LogP contribution is -2.46. The number of hydrogen-bond acceptors (Lipinski definition) is 0. The maximum Gasteiger partial charge on any atom is 0.260 e. The standard InChI is InChI=1S/C11H18N2/c1-3-8-13-9-7-12-10(13)11(2)5-4-6-11/h7,9H,3-6,8H2,1-2H3/p+1. The average Bonchev–Trinajstić information content (AvgIpc) is 2.49. The van der Waals surface area contributed by atoms with Crippen LogP contribution in [0.25, 0.3) is 0 Å². The van der Waals surface area contributed by atoms with Crippen LogP contribution in [0, 0.1) is 0 Å². The Hall–Kier alpha value is -0.790. The van der Waals surface area contributed by atoms with E-state index < -0.39 is 0 Å². The zero-order valence-electron chi connectivity index (χ0n) is 8.64. The summed E-state index contributed by atoms with van der Waals surface area (Å²) in [5.41, 5.74) is 0.443. The zero-order chi connectivity index (χ0) is 9.31. The van der Waals surface area contributed by atoms with Crippen LogP contribution in [0.15, 0.2) is 12.4 Å². The van der Waals surface area contributed by atoms with E-state index in [4.69, 9.17) is 0 Å². The van der Waals surface area contributed by atoms with E-state index in [-0.39, 0.29) is 0 Å². The highest BCUT2D eigenvalue weighted by Gasteiger charge is 2.41. The smallest absolute Gasteiger partial charge is 0.247 e. The third kappa shape index (κ3) is 1.38. The Bertz CT molecular complexity index is 284. The lowest BCUT2D eigenvalue weighted by Gasteiger charge is -2.34. The van der Waals surface area contributed by atoms with E-state index in [2.05, 4.69) is 35.8 Å². The molecule has 0 amide bonds. The topological polar surface area (TPSA) is 19.7 Å². The SMILES string of the molecule is CCC[n+]1cc[nH]c1C1(C)CCC1. The van der Waals surface area contributed by atoms with E-state index in [9.17, 15) is 0 Å². The van der Waals surface area contributed by atoms with Gasteiger partial charge in [-0.15, -0.1) is 0 Å². The van der Waals surface area contributed by atoms with Crippen molar-refractivity contribution >= 4 is 0 Å². The van der Waals surface area contributed by atoms with Crippen LogP contribution in [-0.2, 0) is 12.0 Å². The lowest BCUT2D eigenvalue weighted by atomic mass is 9.70. The fourth-order valence-electron chi connectivity index (χ4n) is 2.26. The van der Waals surface area contributed by atoms with Gasteiger partial charge >= 0.3 is 0 Å². The molecule has 0 bridgehead atoms. The lowest BCUT2D eigenvalue weighted by molar-refractivity contribution is -0.707. The zero-order valence-corrected chi connectivity index (χ0v) is 8.64. The molecule has 1 aromatic heterocycles. The third-order valence-electron chi connectivity index (χ3n) is 3.26. The Labute approximate surface area is 80.0 Å². The number of rotatable bonds is 3. The number of aryl methyl sites for hydroxylation is 1. The molecule has 0 spiro atoms. The first kappa shape index (κ1) is 8.79. The molecule has 1 aliphatic carbocycles. The Kier molecular flexibility index (Phi) is 2.14. The highest BCUT2D eigenvalue weighted by atomic mass is 15.1. The van der Waals surface area contributed by atoms with E-state index >= 15 is 0 Å². The van der Waals surface area contributed by atoms with Crippen LogP contribution in [-0.4, -0.2) is 4.98 Å². The van der Waals surface area contributed by atoms with Crippen LogP contribution < -0.4 is 4.57 Å². The minimum absolute atomic E-state index is 0.443. The molecule has 1 aromatic rings. The van der Waals surface area contributed by atoms with Crippen molar-refractivity contribution in [3.63, 3.8) is 0 Å². The van der Waals surface area contributed by atoms with Gasteiger partial charge in [-0.2, -0.15) is 0 Å². The highest BCUT2D eigenvalue weighted by Crippen LogP contribution is 2.40. The Morgan fingerprint density at radius 2 is 2.31 bits per heavy atom. The van der Waals surface area contributed by atoms with Gasteiger partial charge in [-0.25, -0.2) is 9.55 Å². The van der Waals surface area contributed by atoms with Gasteiger partial charge in [-0.1, -0.05) is 13.3 Å². The van der Waals surface area contributed by atoms with Gasteiger partial charge in [0, 0.05) is 0 Å². The first-order valence-corrected chi connectivity index (χ1v) is 5.33. The number of hydrogen-bond donors (Lipinski definition) is 1. The van der Waals surface area contributed by atoms with Crippen molar-refractivity contribution in [2.45, 2.75) is 51.5 Å². The van der Waals surface area contributed by atoms with Crippen LogP contribution in [0.2, 0.25) is 0 Å². The van der Waals surface area contributed by atoms with Crippen LogP contribution in [0.1, 0.15) is 45.4 Å². The monoisotopic (exact) mass is 179 g/mol. The quantitative estimate of drug-likeness (QED) is 0.686. The van der Waals surface area contributed by atoms with Crippen molar-refractivity contribution in [3.05, 3.63) is 18.2 Å². The molecule has 1 heterocycles. The number of aromatic nitrogens is 2. The summed E-state index contributed by atoms with van der Waals surface area (Å²) >= 11 is 0. The second kappa shape index (κ2) is 3.17. The molecule has 13 heavy (non-hydrogen) atoms. The largest absolute Gasteiger partial charge is 0.260 e. The van der Waals surface area contributed by atoms with Gasteiger partial charge in [0.2, 0.25) is 0 Å². The fourth-order valence-corrected chi connectivity index (χ4v) is 2.26. The summed E-state index contributed by atoms with van der Waals surface area (Å²) in [5, 5.41) is 0. The van der Waals surface area contributed by atoms with E-state index in [0.717, 1.165) is 6.54 Å². The first-order chi connectivity index (χ1) is 6.26. The third-order valence-corrected chi connectivity index (χ3v) is 3.26. The molecule has 1 fully saturated rings. The van der Waals surface area contributed by atoms with Crippen molar-refractivity contribution in [3.8, 4) is 0 Å². The molecule has 2 rings (SSSR count). The summed E-state index contributed by atoms with van der Waals surface area (Å²) in [6, 6.07) is 0.